The number of aliphatic hydroxyl groups is 1. The lowest BCUT2D eigenvalue weighted by Gasteiger charge is -2.25. The highest BCUT2D eigenvalue weighted by molar-refractivity contribution is 9.09. The van der Waals surface area contributed by atoms with Gasteiger partial charge in [-0.2, -0.15) is 0 Å². The maximum absolute atomic E-state index is 12.6. The topological polar surface area (TPSA) is 59.0 Å². The second-order valence-electron chi connectivity index (χ2n) is 6.39. The summed E-state index contributed by atoms with van der Waals surface area (Å²) in [4.78, 5) is 14.3. The number of anilines is 1. The number of ether oxygens (including phenoxy) is 2. The molecule has 0 saturated carbocycles. The van der Waals surface area contributed by atoms with E-state index in [0.29, 0.717) is 13.1 Å². The van der Waals surface area contributed by atoms with Crippen molar-refractivity contribution in [3.05, 3.63) is 59.7 Å². The van der Waals surface area contributed by atoms with Gasteiger partial charge in [-0.05, 0) is 29.3 Å². The number of halogens is 1. The summed E-state index contributed by atoms with van der Waals surface area (Å²) in [6.45, 7) is 1.12. The van der Waals surface area contributed by atoms with E-state index in [1.807, 2.05) is 48.5 Å². The minimum Gasteiger partial charge on any atom is -0.497 e. The predicted molar refractivity (Wildman–Crippen MR) is 97.0 cm³/mol. The van der Waals surface area contributed by atoms with Gasteiger partial charge in [0, 0.05) is 18.8 Å². The van der Waals surface area contributed by atoms with Crippen LogP contribution in [0.2, 0.25) is 0 Å². The largest absolute Gasteiger partial charge is 0.497 e. The fraction of sp³-hybridized carbons (Fsp3) is 0.316. The molecule has 1 saturated heterocycles. The van der Waals surface area contributed by atoms with Gasteiger partial charge < -0.3 is 19.5 Å². The minimum absolute atomic E-state index is 0.383. The van der Waals surface area contributed by atoms with Crippen molar-refractivity contribution >= 4 is 27.6 Å². The Bertz CT molecular complexity index is 809. The van der Waals surface area contributed by atoms with E-state index < -0.39 is 16.5 Å². The Balaban J connectivity index is 1.70. The summed E-state index contributed by atoms with van der Waals surface area (Å²) in [6.07, 6.45) is -1.14. The van der Waals surface area contributed by atoms with Crippen LogP contribution < -0.4 is 9.64 Å². The van der Waals surface area contributed by atoms with Crippen molar-refractivity contribution in [3.8, 4) is 5.75 Å². The Morgan fingerprint density at radius 1 is 1.28 bits per heavy atom. The third-order valence-electron chi connectivity index (χ3n) is 5.01. The third kappa shape index (κ3) is 2.43. The lowest BCUT2D eigenvalue weighted by atomic mass is 9.80. The second kappa shape index (κ2) is 6.04. The zero-order valence-electron chi connectivity index (χ0n) is 13.7. The molecule has 1 spiro atoms. The van der Waals surface area contributed by atoms with Crippen LogP contribution in [-0.2, 0) is 21.5 Å². The van der Waals surface area contributed by atoms with Crippen molar-refractivity contribution in [2.45, 2.75) is 23.1 Å². The molecule has 2 aromatic carbocycles. The van der Waals surface area contributed by atoms with Crippen LogP contribution in [0.1, 0.15) is 11.1 Å². The molecule has 3 atom stereocenters. The number of esters is 1. The van der Waals surface area contributed by atoms with E-state index in [0.717, 1.165) is 22.6 Å². The zero-order chi connectivity index (χ0) is 17.6. The van der Waals surface area contributed by atoms with Crippen molar-refractivity contribution in [2.75, 3.05) is 18.6 Å². The number of carbonyl (C=O) groups excluding carboxylic acids is 1. The van der Waals surface area contributed by atoms with Crippen LogP contribution in [0.4, 0.5) is 5.69 Å². The molecule has 1 N–H and O–H groups in total. The van der Waals surface area contributed by atoms with Crippen molar-refractivity contribution in [1.29, 1.82) is 0 Å². The van der Waals surface area contributed by atoms with Gasteiger partial charge in [0.25, 0.3) is 0 Å². The highest BCUT2D eigenvalue weighted by Crippen LogP contribution is 2.50. The highest BCUT2D eigenvalue weighted by Gasteiger charge is 2.61. The zero-order valence-corrected chi connectivity index (χ0v) is 15.3. The first-order valence-electron chi connectivity index (χ1n) is 8.07. The SMILES string of the molecule is COc1ccc(CN2CC3(C(=O)OC(O)C3Br)c3ccccc32)cc1. The van der Waals surface area contributed by atoms with Gasteiger partial charge >= 0.3 is 5.97 Å². The minimum atomic E-state index is -1.14. The average molecular weight is 404 g/mol. The Morgan fingerprint density at radius 3 is 2.64 bits per heavy atom. The number of benzene rings is 2. The number of aliphatic hydroxyl groups excluding tert-OH is 1. The Labute approximate surface area is 154 Å². The van der Waals surface area contributed by atoms with Gasteiger partial charge in [-0.15, -0.1) is 0 Å². The van der Waals surface area contributed by atoms with Gasteiger partial charge in [0.05, 0.1) is 11.9 Å². The van der Waals surface area contributed by atoms with Crippen molar-refractivity contribution in [3.63, 3.8) is 0 Å². The molecule has 25 heavy (non-hydrogen) atoms. The Morgan fingerprint density at radius 2 is 2.00 bits per heavy atom. The Kier molecular flexibility index (Phi) is 3.96. The molecule has 0 aliphatic carbocycles. The standard InChI is InChI=1S/C19H18BrNO4/c1-24-13-8-6-12(7-9-13)10-21-11-19(14-4-2-3-5-15(14)21)16(20)17(22)25-18(19)23/h2-9,16-17,22H,10-11H2,1H3. The molecular weight excluding hydrogens is 386 g/mol. The smallest absolute Gasteiger partial charge is 0.322 e. The van der Waals surface area contributed by atoms with Crippen LogP contribution in [0, 0.1) is 0 Å². The van der Waals surface area contributed by atoms with E-state index in [1.165, 1.54) is 0 Å². The summed E-state index contributed by atoms with van der Waals surface area (Å²) in [5, 5.41) is 10.0. The van der Waals surface area contributed by atoms with Crippen LogP contribution in [-0.4, -0.2) is 35.8 Å². The normalized spacial score (nSPS) is 27.5. The molecule has 2 heterocycles. The Hall–Kier alpha value is -2.05. The second-order valence-corrected chi connectivity index (χ2v) is 7.38. The molecule has 2 aliphatic rings. The molecule has 2 aromatic rings. The number of cyclic esters (lactones) is 1. The summed E-state index contributed by atoms with van der Waals surface area (Å²) in [5.41, 5.74) is 2.12. The van der Waals surface area contributed by atoms with Crippen molar-refractivity contribution in [2.24, 2.45) is 0 Å². The number of para-hydroxylation sites is 1. The summed E-state index contributed by atoms with van der Waals surface area (Å²) in [5.74, 6) is 0.427. The van der Waals surface area contributed by atoms with E-state index >= 15 is 0 Å². The molecule has 2 aliphatic heterocycles. The first-order chi connectivity index (χ1) is 12.1. The lowest BCUT2D eigenvalue weighted by molar-refractivity contribution is -0.155. The van der Waals surface area contributed by atoms with E-state index in [4.69, 9.17) is 9.47 Å². The van der Waals surface area contributed by atoms with E-state index in [1.54, 1.807) is 7.11 Å². The predicted octanol–water partition coefficient (Wildman–Crippen LogP) is 2.59. The van der Waals surface area contributed by atoms with Crippen LogP contribution in [0.25, 0.3) is 0 Å². The monoisotopic (exact) mass is 403 g/mol. The average Bonchev–Trinajstić information content (AvgIpc) is 3.07. The molecule has 6 heteroatoms. The number of hydrogen-bond acceptors (Lipinski definition) is 5. The first-order valence-corrected chi connectivity index (χ1v) is 8.98. The lowest BCUT2D eigenvalue weighted by Crippen LogP contribution is -2.44. The molecule has 4 rings (SSSR count). The van der Waals surface area contributed by atoms with Gasteiger partial charge in [0.2, 0.25) is 6.29 Å². The number of alkyl halides is 1. The van der Waals surface area contributed by atoms with Gasteiger partial charge in [-0.3, -0.25) is 4.79 Å². The van der Waals surface area contributed by atoms with E-state index in [9.17, 15) is 9.90 Å². The molecule has 130 valence electrons. The summed E-state index contributed by atoms with van der Waals surface area (Å²) >= 11 is 3.49. The first kappa shape index (κ1) is 16.4. The highest BCUT2D eigenvalue weighted by atomic mass is 79.9. The molecule has 3 unspecified atom stereocenters. The van der Waals surface area contributed by atoms with Gasteiger partial charge in [-0.25, -0.2) is 0 Å². The van der Waals surface area contributed by atoms with Crippen molar-refractivity contribution < 1.29 is 19.4 Å². The maximum Gasteiger partial charge on any atom is 0.322 e. The number of fused-ring (bicyclic) bond motifs is 2. The summed E-state index contributed by atoms with van der Waals surface area (Å²) in [6, 6.07) is 15.7. The number of hydrogen-bond donors (Lipinski definition) is 1. The van der Waals surface area contributed by atoms with Crippen LogP contribution >= 0.6 is 15.9 Å². The number of carbonyl (C=O) groups is 1. The van der Waals surface area contributed by atoms with Crippen LogP contribution in [0.5, 0.6) is 5.75 Å². The van der Waals surface area contributed by atoms with E-state index in [-0.39, 0.29) is 5.97 Å². The van der Waals surface area contributed by atoms with Crippen LogP contribution in [0.3, 0.4) is 0 Å². The fourth-order valence-corrected chi connectivity index (χ4v) is 4.42. The fourth-order valence-electron chi connectivity index (χ4n) is 3.73. The molecule has 5 nitrogen and oxygen atoms in total. The quantitative estimate of drug-likeness (QED) is 0.630. The molecule has 0 aromatic heterocycles. The molecule has 0 radical (unpaired) electrons. The maximum atomic E-state index is 12.6. The number of methoxy groups -OCH3 is 1. The summed E-state index contributed by atoms with van der Waals surface area (Å²) < 4.78 is 10.3. The molecule has 0 bridgehead atoms. The molecular formula is C19H18BrNO4. The molecule has 1 fully saturated rings. The molecule has 0 amide bonds. The van der Waals surface area contributed by atoms with Crippen LogP contribution in [0.15, 0.2) is 48.5 Å². The van der Waals surface area contributed by atoms with E-state index in [2.05, 4.69) is 20.8 Å². The number of nitrogens with zero attached hydrogens (tertiary/aromatic N) is 1. The third-order valence-corrected chi connectivity index (χ3v) is 6.25. The van der Waals surface area contributed by atoms with Gasteiger partial charge in [-0.1, -0.05) is 46.3 Å². The summed E-state index contributed by atoms with van der Waals surface area (Å²) in [7, 11) is 1.64. The number of rotatable bonds is 3. The van der Waals surface area contributed by atoms with Crippen molar-refractivity contribution in [1.82, 2.24) is 0 Å². The van der Waals surface area contributed by atoms with Gasteiger partial charge in [0.1, 0.15) is 11.2 Å². The van der Waals surface area contributed by atoms with Gasteiger partial charge in [0.15, 0.2) is 0 Å².